The molecular formula is C16H14N2O2. The molecule has 0 fully saturated rings. The minimum Gasteiger partial charge on any atom is -0.437 e. The molecule has 100 valence electrons. The zero-order valence-electron chi connectivity index (χ0n) is 11.0. The SMILES string of the molecule is C[C@@H](O)c1ccc(Oc2cnc3ccccc3c2)nc1. The van der Waals surface area contributed by atoms with Crippen LogP contribution in [0.2, 0.25) is 0 Å². The summed E-state index contributed by atoms with van der Waals surface area (Å²) < 4.78 is 5.67. The van der Waals surface area contributed by atoms with Gasteiger partial charge in [0.25, 0.3) is 0 Å². The summed E-state index contributed by atoms with van der Waals surface area (Å²) >= 11 is 0. The first-order valence-electron chi connectivity index (χ1n) is 6.39. The zero-order valence-corrected chi connectivity index (χ0v) is 11.0. The molecule has 4 heteroatoms. The Bertz CT molecular complexity index is 724. The fourth-order valence-electron chi connectivity index (χ4n) is 1.93. The van der Waals surface area contributed by atoms with E-state index in [1.54, 1.807) is 31.5 Å². The van der Waals surface area contributed by atoms with Crippen LogP contribution in [0.15, 0.2) is 54.9 Å². The summed E-state index contributed by atoms with van der Waals surface area (Å²) in [6, 6.07) is 13.3. The van der Waals surface area contributed by atoms with E-state index < -0.39 is 6.10 Å². The Morgan fingerprint density at radius 2 is 1.90 bits per heavy atom. The van der Waals surface area contributed by atoms with Gasteiger partial charge in [0.15, 0.2) is 0 Å². The number of fused-ring (bicyclic) bond motifs is 1. The molecule has 20 heavy (non-hydrogen) atoms. The standard InChI is InChI=1S/C16H14N2O2/c1-11(19)13-6-7-16(18-9-13)20-14-8-12-4-2-3-5-15(12)17-10-14/h2-11,19H,1H3/t11-/m1/s1. The molecular weight excluding hydrogens is 252 g/mol. The molecule has 0 radical (unpaired) electrons. The first kappa shape index (κ1) is 12.6. The van der Waals surface area contributed by atoms with Crippen LogP contribution in [0.4, 0.5) is 0 Å². The second-order valence-electron chi connectivity index (χ2n) is 4.57. The molecule has 0 unspecified atom stereocenters. The van der Waals surface area contributed by atoms with Gasteiger partial charge in [-0.1, -0.05) is 18.2 Å². The maximum atomic E-state index is 9.43. The van der Waals surface area contributed by atoms with Crippen LogP contribution in [0.3, 0.4) is 0 Å². The second-order valence-corrected chi connectivity index (χ2v) is 4.57. The average molecular weight is 266 g/mol. The number of aliphatic hydroxyl groups is 1. The van der Waals surface area contributed by atoms with Crippen molar-refractivity contribution >= 4 is 10.9 Å². The van der Waals surface area contributed by atoms with Crippen molar-refractivity contribution in [1.29, 1.82) is 0 Å². The van der Waals surface area contributed by atoms with Crippen molar-refractivity contribution in [1.82, 2.24) is 9.97 Å². The predicted molar refractivity (Wildman–Crippen MR) is 76.7 cm³/mol. The molecule has 1 atom stereocenters. The molecule has 4 nitrogen and oxygen atoms in total. The van der Waals surface area contributed by atoms with Gasteiger partial charge >= 0.3 is 0 Å². The Morgan fingerprint density at radius 3 is 2.65 bits per heavy atom. The normalized spacial score (nSPS) is 12.3. The minimum atomic E-state index is -0.529. The lowest BCUT2D eigenvalue weighted by molar-refractivity contribution is 0.198. The molecule has 0 amide bonds. The topological polar surface area (TPSA) is 55.2 Å². The van der Waals surface area contributed by atoms with Crippen molar-refractivity contribution in [3.8, 4) is 11.6 Å². The number of rotatable bonds is 3. The molecule has 1 aromatic carbocycles. The van der Waals surface area contributed by atoms with Gasteiger partial charge in [-0.05, 0) is 30.7 Å². The summed E-state index contributed by atoms with van der Waals surface area (Å²) in [4.78, 5) is 8.50. The van der Waals surface area contributed by atoms with Crippen LogP contribution in [-0.4, -0.2) is 15.1 Å². The van der Waals surface area contributed by atoms with Crippen LogP contribution in [0, 0.1) is 0 Å². The summed E-state index contributed by atoms with van der Waals surface area (Å²) in [5.41, 5.74) is 1.69. The Hall–Kier alpha value is -2.46. The van der Waals surface area contributed by atoms with Crippen molar-refractivity contribution in [3.63, 3.8) is 0 Å². The van der Waals surface area contributed by atoms with Crippen molar-refractivity contribution in [2.24, 2.45) is 0 Å². The molecule has 1 N–H and O–H groups in total. The molecule has 0 spiro atoms. The quantitative estimate of drug-likeness (QED) is 0.788. The summed E-state index contributed by atoms with van der Waals surface area (Å²) in [5.74, 6) is 1.12. The molecule has 0 aliphatic rings. The summed E-state index contributed by atoms with van der Waals surface area (Å²) in [6.45, 7) is 1.70. The van der Waals surface area contributed by atoms with E-state index in [1.807, 2.05) is 30.3 Å². The van der Waals surface area contributed by atoms with Gasteiger partial charge in [0.1, 0.15) is 5.75 Å². The number of ether oxygens (including phenoxy) is 1. The number of benzene rings is 1. The summed E-state index contributed by atoms with van der Waals surface area (Å²) in [5, 5.41) is 10.5. The van der Waals surface area contributed by atoms with E-state index in [0.717, 1.165) is 16.5 Å². The lowest BCUT2D eigenvalue weighted by Crippen LogP contribution is -1.94. The molecule has 0 bridgehead atoms. The molecule has 0 saturated heterocycles. The van der Waals surface area contributed by atoms with Crippen LogP contribution in [0.1, 0.15) is 18.6 Å². The van der Waals surface area contributed by atoms with Crippen molar-refractivity contribution < 1.29 is 9.84 Å². The van der Waals surface area contributed by atoms with Crippen molar-refractivity contribution in [2.75, 3.05) is 0 Å². The maximum absolute atomic E-state index is 9.43. The third kappa shape index (κ3) is 2.60. The maximum Gasteiger partial charge on any atom is 0.219 e. The van der Waals surface area contributed by atoms with Crippen molar-refractivity contribution in [2.45, 2.75) is 13.0 Å². The third-order valence-electron chi connectivity index (χ3n) is 3.03. The Morgan fingerprint density at radius 1 is 1.05 bits per heavy atom. The van der Waals surface area contributed by atoms with Gasteiger partial charge in [-0.15, -0.1) is 0 Å². The Balaban J connectivity index is 1.85. The van der Waals surface area contributed by atoms with E-state index in [1.165, 1.54) is 0 Å². The third-order valence-corrected chi connectivity index (χ3v) is 3.03. The molecule has 0 saturated carbocycles. The first-order valence-corrected chi connectivity index (χ1v) is 6.39. The van der Waals surface area contributed by atoms with E-state index in [4.69, 9.17) is 4.74 Å². The molecule has 3 rings (SSSR count). The molecule has 0 aliphatic heterocycles. The second kappa shape index (κ2) is 5.27. The Kier molecular flexibility index (Phi) is 3.31. The highest BCUT2D eigenvalue weighted by Gasteiger charge is 2.04. The van der Waals surface area contributed by atoms with Crippen molar-refractivity contribution in [3.05, 3.63) is 60.4 Å². The van der Waals surface area contributed by atoms with Crippen LogP contribution in [0.5, 0.6) is 11.6 Å². The number of aliphatic hydroxyl groups excluding tert-OH is 1. The Labute approximate surface area is 116 Å². The minimum absolute atomic E-state index is 0.478. The van der Waals surface area contributed by atoms with Gasteiger partial charge in [0, 0.05) is 17.6 Å². The van der Waals surface area contributed by atoms with Gasteiger partial charge in [-0.3, -0.25) is 4.98 Å². The summed E-state index contributed by atoms with van der Waals surface area (Å²) in [6.07, 6.45) is 2.75. The van der Waals surface area contributed by atoms with E-state index in [0.29, 0.717) is 11.6 Å². The first-order chi connectivity index (χ1) is 9.72. The van der Waals surface area contributed by atoms with Crippen LogP contribution < -0.4 is 4.74 Å². The van der Waals surface area contributed by atoms with Gasteiger partial charge in [0.05, 0.1) is 17.8 Å². The molecule has 0 aliphatic carbocycles. The van der Waals surface area contributed by atoms with Gasteiger partial charge < -0.3 is 9.84 Å². The lowest BCUT2D eigenvalue weighted by Gasteiger charge is -2.07. The largest absolute Gasteiger partial charge is 0.437 e. The van der Waals surface area contributed by atoms with Gasteiger partial charge in [-0.25, -0.2) is 4.98 Å². The van der Waals surface area contributed by atoms with Crippen LogP contribution in [0.25, 0.3) is 10.9 Å². The van der Waals surface area contributed by atoms with E-state index >= 15 is 0 Å². The predicted octanol–water partition coefficient (Wildman–Crippen LogP) is 3.48. The highest BCUT2D eigenvalue weighted by molar-refractivity contribution is 5.79. The lowest BCUT2D eigenvalue weighted by atomic mass is 10.2. The summed E-state index contributed by atoms with van der Waals surface area (Å²) in [7, 11) is 0. The zero-order chi connectivity index (χ0) is 13.9. The number of aromatic nitrogens is 2. The van der Waals surface area contributed by atoms with Crippen LogP contribution >= 0.6 is 0 Å². The van der Waals surface area contributed by atoms with E-state index in [2.05, 4.69) is 9.97 Å². The van der Waals surface area contributed by atoms with E-state index in [9.17, 15) is 5.11 Å². The smallest absolute Gasteiger partial charge is 0.219 e. The molecule has 2 heterocycles. The number of nitrogens with zero attached hydrogens (tertiary/aromatic N) is 2. The fourth-order valence-corrected chi connectivity index (χ4v) is 1.93. The van der Waals surface area contributed by atoms with Gasteiger partial charge in [0.2, 0.25) is 5.88 Å². The number of hydrogen-bond acceptors (Lipinski definition) is 4. The monoisotopic (exact) mass is 266 g/mol. The average Bonchev–Trinajstić information content (AvgIpc) is 2.48. The highest BCUT2D eigenvalue weighted by atomic mass is 16.5. The van der Waals surface area contributed by atoms with Gasteiger partial charge in [-0.2, -0.15) is 0 Å². The molecule has 3 aromatic rings. The highest BCUT2D eigenvalue weighted by Crippen LogP contribution is 2.23. The number of pyridine rings is 2. The van der Waals surface area contributed by atoms with E-state index in [-0.39, 0.29) is 0 Å². The number of hydrogen-bond donors (Lipinski definition) is 1. The number of para-hydroxylation sites is 1. The van der Waals surface area contributed by atoms with Crippen LogP contribution in [-0.2, 0) is 0 Å². The fraction of sp³-hybridized carbons (Fsp3) is 0.125. The molecule has 2 aromatic heterocycles.